The Balaban J connectivity index is 1.97. The average molecular weight is 247 g/mol. The molecule has 3 heteroatoms. The van der Waals surface area contributed by atoms with Crippen molar-refractivity contribution in [1.82, 2.24) is 4.90 Å². The lowest BCUT2D eigenvalue weighted by Gasteiger charge is -2.16. The molecule has 1 aromatic rings. The Kier molecular flexibility index (Phi) is 4.02. The highest BCUT2D eigenvalue weighted by molar-refractivity contribution is 5.75. The van der Waals surface area contributed by atoms with Crippen molar-refractivity contribution >= 4 is 5.97 Å². The third kappa shape index (κ3) is 3.10. The molecule has 1 fully saturated rings. The first-order chi connectivity index (χ1) is 8.56. The topological polar surface area (TPSA) is 40.5 Å². The number of carboxylic acids is 1. The number of benzene rings is 1. The van der Waals surface area contributed by atoms with Crippen molar-refractivity contribution in [2.24, 2.45) is 5.92 Å². The summed E-state index contributed by atoms with van der Waals surface area (Å²) in [6.45, 7) is 7.34. The number of rotatable bonds is 4. The highest BCUT2D eigenvalue weighted by atomic mass is 16.4. The van der Waals surface area contributed by atoms with Crippen LogP contribution in [0.25, 0.3) is 0 Å². The van der Waals surface area contributed by atoms with Gasteiger partial charge in [0, 0.05) is 13.1 Å². The van der Waals surface area contributed by atoms with Crippen LogP contribution in [0.3, 0.4) is 0 Å². The Morgan fingerprint density at radius 3 is 2.61 bits per heavy atom. The first-order valence-corrected chi connectivity index (χ1v) is 6.60. The molecule has 0 spiro atoms. The van der Waals surface area contributed by atoms with E-state index in [0.717, 1.165) is 18.0 Å². The molecule has 0 aromatic heterocycles. The van der Waals surface area contributed by atoms with Crippen molar-refractivity contribution in [1.29, 1.82) is 0 Å². The molecule has 3 nitrogen and oxygen atoms in total. The summed E-state index contributed by atoms with van der Waals surface area (Å²) in [4.78, 5) is 13.3. The molecule has 2 rings (SSSR count). The summed E-state index contributed by atoms with van der Waals surface area (Å²) in [6.07, 6.45) is 1.29. The van der Waals surface area contributed by atoms with Gasteiger partial charge in [0.2, 0.25) is 0 Å². The summed E-state index contributed by atoms with van der Waals surface area (Å²) < 4.78 is 0. The van der Waals surface area contributed by atoms with Crippen molar-refractivity contribution in [3.05, 3.63) is 35.4 Å². The lowest BCUT2D eigenvalue weighted by atomic mass is 10.00. The second-order valence-electron chi connectivity index (χ2n) is 5.43. The fourth-order valence-electron chi connectivity index (χ4n) is 2.48. The monoisotopic (exact) mass is 247 g/mol. The van der Waals surface area contributed by atoms with Gasteiger partial charge in [-0.25, -0.2) is 0 Å². The van der Waals surface area contributed by atoms with Gasteiger partial charge in [0.25, 0.3) is 0 Å². The van der Waals surface area contributed by atoms with Crippen LogP contribution in [0.5, 0.6) is 0 Å². The third-order valence-corrected chi connectivity index (χ3v) is 3.76. The summed E-state index contributed by atoms with van der Waals surface area (Å²) >= 11 is 0. The maximum atomic E-state index is 10.9. The van der Waals surface area contributed by atoms with Gasteiger partial charge in [-0.3, -0.25) is 9.69 Å². The van der Waals surface area contributed by atoms with E-state index in [0.29, 0.717) is 0 Å². The minimum absolute atomic E-state index is 0.425. The first-order valence-electron chi connectivity index (χ1n) is 6.60. The van der Waals surface area contributed by atoms with Crippen LogP contribution in [-0.2, 0) is 11.3 Å². The maximum absolute atomic E-state index is 10.9. The van der Waals surface area contributed by atoms with Gasteiger partial charge in [-0.2, -0.15) is 0 Å². The van der Waals surface area contributed by atoms with Crippen LogP contribution >= 0.6 is 0 Å². The van der Waals surface area contributed by atoms with E-state index in [4.69, 9.17) is 5.11 Å². The van der Waals surface area contributed by atoms with Crippen molar-refractivity contribution in [2.45, 2.75) is 32.7 Å². The van der Waals surface area contributed by atoms with Gasteiger partial charge >= 0.3 is 5.97 Å². The molecule has 0 radical (unpaired) electrons. The van der Waals surface area contributed by atoms with Crippen LogP contribution < -0.4 is 0 Å². The Bertz CT molecular complexity index is 413. The van der Waals surface area contributed by atoms with E-state index >= 15 is 0 Å². The van der Waals surface area contributed by atoms with E-state index in [-0.39, 0.29) is 0 Å². The number of carbonyl (C=O) groups is 1. The van der Waals surface area contributed by atoms with Crippen molar-refractivity contribution < 1.29 is 9.90 Å². The third-order valence-electron chi connectivity index (χ3n) is 3.76. The van der Waals surface area contributed by atoms with E-state index in [1.807, 2.05) is 12.1 Å². The highest BCUT2D eigenvalue weighted by Gasteiger charge is 2.18. The molecule has 1 N–H and O–H groups in total. The summed E-state index contributed by atoms with van der Waals surface area (Å²) in [5.41, 5.74) is 2.14. The van der Waals surface area contributed by atoms with Crippen LogP contribution in [0, 0.1) is 5.92 Å². The standard InChI is InChI=1S/C15H21NO2/c1-11-7-8-16(9-11)10-13-3-5-14(6-4-13)12(2)15(17)18/h3-6,11-12H,7-10H2,1-2H3,(H,17,18). The minimum atomic E-state index is -0.767. The van der Waals surface area contributed by atoms with Gasteiger partial charge in [0.1, 0.15) is 0 Å². The van der Waals surface area contributed by atoms with Crippen LogP contribution in [0.2, 0.25) is 0 Å². The molecule has 18 heavy (non-hydrogen) atoms. The Morgan fingerprint density at radius 1 is 1.44 bits per heavy atom. The Hall–Kier alpha value is -1.35. The molecule has 1 heterocycles. The molecule has 2 unspecified atom stereocenters. The molecule has 0 aliphatic carbocycles. The van der Waals surface area contributed by atoms with Crippen molar-refractivity contribution in [3.63, 3.8) is 0 Å². The van der Waals surface area contributed by atoms with Gasteiger partial charge in [0.05, 0.1) is 5.92 Å². The fraction of sp³-hybridized carbons (Fsp3) is 0.533. The molecule has 0 amide bonds. The number of carboxylic acid groups (broad SMARTS) is 1. The van der Waals surface area contributed by atoms with E-state index in [9.17, 15) is 4.79 Å². The van der Waals surface area contributed by atoms with Crippen molar-refractivity contribution in [2.75, 3.05) is 13.1 Å². The average Bonchev–Trinajstić information content (AvgIpc) is 2.75. The SMILES string of the molecule is CC1CCN(Cc2ccc(C(C)C(=O)O)cc2)C1. The van der Waals surface area contributed by atoms with Crippen LogP contribution in [0.1, 0.15) is 37.3 Å². The van der Waals surface area contributed by atoms with E-state index in [1.165, 1.54) is 25.1 Å². The second-order valence-corrected chi connectivity index (χ2v) is 5.43. The molecular weight excluding hydrogens is 226 g/mol. The summed E-state index contributed by atoms with van der Waals surface area (Å²) in [6, 6.07) is 7.98. The quantitative estimate of drug-likeness (QED) is 0.889. The zero-order chi connectivity index (χ0) is 13.1. The summed E-state index contributed by atoms with van der Waals surface area (Å²) in [5, 5.41) is 8.96. The number of nitrogens with zero attached hydrogens (tertiary/aromatic N) is 1. The molecular formula is C15H21NO2. The maximum Gasteiger partial charge on any atom is 0.310 e. The molecule has 1 saturated heterocycles. The Morgan fingerprint density at radius 2 is 2.11 bits per heavy atom. The predicted molar refractivity (Wildman–Crippen MR) is 71.6 cm³/mol. The molecule has 0 saturated carbocycles. The lowest BCUT2D eigenvalue weighted by Crippen LogP contribution is -2.19. The van der Waals surface area contributed by atoms with E-state index in [2.05, 4.69) is 24.0 Å². The zero-order valence-corrected chi connectivity index (χ0v) is 11.1. The molecule has 1 aliphatic rings. The highest BCUT2D eigenvalue weighted by Crippen LogP contribution is 2.20. The van der Waals surface area contributed by atoms with Crippen LogP contribution in [0.4, 0.5) is 0 Å². The van der Waals surface area contributed by atoms with Crippen LogP contribution in [-0.4, -0.2) is 29.1 Å². The van der Waals surface area contributed by atoms with Gasteiger partial charge < -0.3 is 5.11 Å². The predicted octanol–water partition coefficient (Wildman–Crippen LogP) is 2.72. The van der Waals surface area contributed by atoms with Gasteiger partial charge in [-0.05, 0) is 36.9 Å². The molecule has 98 valence electrons. The lowest BCUT2D eigenvalue weighted by molar-refractivity contribution is -0.138. The van der Waals surface area contributed by atoms with E-state index < -0.39 is 11.9 Å². The normalized spacial score (nSPS) is 22.0. The number of aliphatic carboxylic acids is 1. The summed E-state index contributed by atoms with van der Waals surface area (Å²) in [7, 11) is 0. The zero-order valence-electron chi connectivity index (χ0n) is 11.1. The number of likely N-dealkylation sites (tertiary alicyclic amines) is 1. The van der Waals surface area contributed by atoms with Crippen molar-refractivity contribution in [3.8, 4) is 0 Å². The van der Waals surface area contributed by atoms with Gasteiger partial charge in [-0.1, -0.05) is 31.2 Å². The largest absolute Gasteiger partial charge is 0.481 e. The number of hydrogen-bond acceptors (Lipinski definition) is 2. The van der Waals surface area contributed by atoms with E-state index in [1.54, 1.807) is 6.92 Å². The molecule has 1 aliphatic heterocycles. The Labute approximate surface area is 108 Å². The fourth-order valence-corrected chi connectivity index (χ4v) is 2.48. The minimum Gasteiger partial charge on any atom is -0.481 e. The molecule has 1 aromatic carbocycles. The van der Waals surface area contributed by atoms with Gasteiger partial charge in [-0.15, -0.1) is 0 Å². The molecule has 2 atom stereocenters. The van der Waals surface area contributed by atoms with Crippen LogP contribution in [0.15, 0.2) is 24.3 Å². The smallest absolute Gasteiger partial charge is 0.310 e. The van der Waals surface area contributed by atoms with Gasteiger partial charge in [0.15, 0.2) is 0 Å². The summed E-state index contributed by atoms with van der Waals surface area (Å²) in [5.74, 6) is -0.390. The molecule has 0 bridgehead atoms. The second kappa shape index (κ2) is 5.53. The first kappa shape index (κ1) is 13.1. The number of hydrogen-bond donors (Lipinski definition) is 1.